The summed E-state index contributed by atoms with van der Waals surface area (Å²) in [5.74, 6) is 0.915. The molecule has 0 saturated heterocycles. The lowest BCUT2D eigenvalue weighted by molar-refractivity contribution is 0.415. The summed E-state index contributed by atoms with van der Waals surface area (Å²) in [5.41, 5.74) is 1.36. The minimum absolute atomic E-state index is 0.915. The van der Waals surface area contributed by atoms with Crippen LogP contribution in [-0.4, -0.2) is 20.7 Å². The number of rotatable bonds is 4. The minimum Gasteiger partial charge on any atom is -0.497 e. The predicted molar refractivity (Wildman–Crippen MR) is 79.5 cm³/mol. The van der Waals surface area contributed by atoms with E-state index in [0.29, 0.717) is 0 Å². The summed E-state index contributed by atoms with van der Waals surface area (Å²) in [6.45, 7) is 5.01. The molecule has 2 nitrogen and oxygen atoms in total. The van der Waals surface area contributed by atoms with E-state index in [-0.39, 0.29) is 0 Å². The summed E-state index contributed by atoms with van der Waals surface area (Å²) < 4.78 is 5.23. The van der Waals surface area contributed by atoms with Gasteiger partial charge in [0.2, 0.25) is 0 Å². The normalized spacial score (nSPS) is 9.78. The molecule has 2 aromatic rings. The zero-order valence-electron chi connectivity index (χ0n) is 11.8. The summed E-state index contributed by atoms with van der Waals surface area (Å²) in [6, 6.07) is 12.8. The molecule has 98 valence electrons. The van der Waals surface area contributed by atoms with E-state index in [1.165, 1.54) is 16.3 Å². The molecule has 0 bridgehead atoms. The monoisotopic (exact) mass is 245 g/mol. The Morgan fingerprint density at radius 3 is 2.39 bits per heavy atom. The van der Waals surface area contributed by atoms with Gasteiger partial charge in [-0.05, 0) is 48.5 Å². The van der Waals surface area contributed by atoms with Crippen LogP contribution in [0.2, 0.25) is 0 Å². The fraction of sp³-hybridized carbons (Fsp3) is 0.375. The summed E-state index contributed by atoms with van der Waals surface area (Å²) in [4.78, 5) is 0. The molecule has 0 saturated carbocycles. The Balaban J connectivity index is 0.000000771. The Morgan fingerprint density at radius 1 is 1.00 bits per heavy atom. The molecule has 0 amide bonds. The van der Waals surface area contributed by atoms with Crippen LogP contribution in [0.25, 0.3) is 10.8 Å². The molecule has 0 aliphatic heterocycles. The molecule has 0 unspecified atom stereocenters. The van der Waals surface area contributed by atoms with E-state index < -0.39 is 0 Å². The molecule has 1 N–H and O–H groups in total. The lowest BCUT2D eigenvalue weighted by Gasteiger charge is -2.05. The third kappa shape index (κ3) is 3.74. The first-order valence-electron chi connectivity index (χ1n) is 6.55. The second-order valence-corrected chi connectivity index (χ2v) is 3.90. The van der Waals surface area contributed by atoms with Crippen molar-refractivity contribution in [1.82, 2.24) is 5.32 Å². The third-order valence-electron chi connectivity index (χ3n) is 2.78. The number of fused-ring (bicyclic) bond motifs is 1. The standard InChI is InChI=1S/C14H17NO.C2H6/c1-15-8-7-11-3-4-12-5-6-14(16-2)10-13(12)9-11;1-2/h3-6,9-10,15H,7-8H2,1-2H3;1-2H3. The van der Waals surface area contributed by atoms with Crippen LogP contribution in [0.15, 0.2) is 36.4 Å². The highest BCUT2D eigenvalue weighted by molar-refractivity contribution is 5.84. The quantitative estimate of drug-likeness (QED) is 0.888. The summed E-state index contributed by atoms with van der Waals surface area (Å²) >= 11 is 0. The Kier molecular flexibility index (Phi) is 6.23. The maximum absolute atomic E-state index is 5.23. The van der Waals surface area contributed by atoms with Crippen molar-refractivity contribution in [2.45, 2.75) is 20.3 Å². The maximum Gasteiger partial charge on any atom is 0.119 e. The summed E-state index contributed by atoms with van der Waals surface area (Å²) in [6.07, 6.45) is 1.06. The molecular weight excluding hydrogens is 222 g/mol. The van der Waals surface area contributed by atoms with E-state index in [1.54, 1.807) is 7.11 Å². The molecule has 18 heavy (non-hydrogen) atoms. The molecule has 0 atom stereocenters. The van der Waals surface area contributed by atoms with Gasteiger partial charge < -0.3 is 10.1 Å². The predicted octanol–water partition coefficient (Wildman–Crippen LogP) is 3.64. The second-order valence-electron chi connectivity index (χ2n) is 3.90. The number of hydrogen-bond acceptors (Lipinski definition) is 2. The molecule has 2 aromatic carbocycles. The number of likely N-dealkylation sites (N-methyl/N-ethyl adjacent to an activating group) is 1. The molecule has 0 aliphatic carbocycles. The van der Waals surface area contributed by atoms with Gasteiger partial charge in [0.05, 0.1) is 7.11 Å². The van der Waals surface area contributed by atoms with E-state index in [9.17, 15) is 0 Å². The molecule has 0 aliphatic rings. The maximum atomic E-state index is 5.23. The Bertz CT molecular complexity index is 479. The van der Waals surface area contributed by atoms with Crippen molar-refractivity contribution in [3.63, 3.8) is 0 Å². The first-order chi connectivity index (χ1) is 8.83. The van der Waals surface area contributed by atoms with Gasteiger partial charge in [-0.2, -0.15) is 0 Å². The molecule has 0 fully saturated rings. The Hall–Kier alpha value is -1.54. The van der Waals surface area contributed by atoms with Crippen LogP contribution in [-0.2, 0) is 6.42 Å². The lowest BCUT2D eigenvalue weighted by Crippen LogP contribution is -2.10. The number of ether oxygens (including phenoxy) is 1. The van der Waals surface area contributed by atoms with Crippen LogP contribution < -0.4 is 10.1 Å². The van der Waals surface area contributed by atoms with E-state index >= 15 is 0 Å². The minimum atomic E-state index is 0.915. The van der Waals surface area contributed by atoms with E-state index in [0.717, 1.165) is 18.7 Å². The SMILES string of the molecule is CC.CNCCc1ccc2ccc(OC)cc2c1. The summed E-state index contributed by atoms with van der Waals surface area (Å²) in [5, 5.41) is 5.66. The van der Waals surface area contributed by atoms with Crippen LogP contribution in [0.3, 0.4) is 0 Å². The van der Waals surface area contributed by atoms with Crippen molar-refractivity contribution in [3.05, 3.63) is 42.0 Å². The van der Waals surface area contributed by atoms with E-state index in [4.69, 9.17) is 4.74 Å². The van der Waals surface area contributed by atoms with Gasteiger partial charge in [0.15, 0.2) is 0 Å². The highest BCUT2D eigenvalue weighted by Gasteiger charge is 1.98. The third-order valence-corrected chi connectivity index (χ3v) is 2.78. The molecule has 0 aromatic heterocycles. The molecule has 0 spiro atoms. The van der Waals surface area contributed by atoms with Gasteiger partial charge in [0.25, 0.3) is 0 Å². The zero-order valence-corrected chi connectivity index (χ0v) is 11.8. The van der Waals surface area contributed by atoms with Crippen LogP contribution in [0.4, 0.5) is 0 Å². The van der Waals surface area contributed by atoms with Gasteiger partial charge >= 0.3 is 0 Å². The van der Waals surface area contributed by atoms with Crippen LogP contribution in [0, 0.1) is 0 Å². The van der Waals surface area contributed by atoms with E-state index in [1.807, 2.05) is 27.0 Å². The average molecular weight is 245 g/mol. The molecule has 2 heteroatoms. The van der Waals surface area contributed by atoms with Crippen LogP contribution in [0.5, 0.6) is 5.75 Å². The van der Waals surface area contributed by atoms with Crippen LogP contribution in [0.1, 0.15) is 19.4 Å². The van der Waals surface area contributed by atoms with Crippen molar-refractivity contribution in [1.29, 1.82) is 0 Å². The first-order valence-corrected chi connectivity index (χ1v) is 6.55. The van der Waals surface area contributed by atoms with Gasteiger partial charge in [-0.3, -0.25) is 0 Å². The highest BCUT2D eigenvalue weighted by Crippen LogP contribution is 2.21. The van der Waals surface area contributed by atoms with Gasteiger partial charge in [0.1, 0.15) is 5.75 Å². The van der Waals surface area contributed by atoms with Crippen molar-refractivity contribution in [2.24, 2.45) is 0 Å². The fourth-order valence-corrected chi connectivity index (χ4v) is 1.83. The zero-order chi connectivity index (χ0) is 13.4. The topological polar surface area (TPSA) is 21.3 Å². The lowest BCUT2D eigenvalue weighted by atomic mass is 10.0. The highest BCUT2D eigenvalue weighted by atomic mass is 16.5. The molecule has 2 rings (SSSR count). The van der Waals surface area contributed by atoms with Gasteiger partial charge in [0, 0.05) is 0 Å². The van der Waals surface area contributed by atoms with Gasteiger partial charge in [-0.25, -0.2) is 0 Å². The molecule has 0 heterocycles. The van der Waals surface area contributed by atoms with Crippen molar-refractivity contribution in [3.8, 4) is 5.75 Å². The number of methoxy groups -OCH3 is 1. The fourth-order valence-electron chi connectivity index (χ4n) is 1.83. The number of nitrogens with one attached hydrogen (secondary N) is 1. The first kappa shape index (κ1) is 14.5. The van der Waals surface area contributed by atoms with E-state index in [2.05, 4.69) is 35.6 Å². The van der Waals surface area contributed by atoms with Crippen molar-refractivity contribution < 1.29 is 4.74 Å². The van der Waals surface area contributed by atoms with Gasteiger partial charge in [-0.1, -0.05) is 38.1 Å². The van der Waals surface area contributed by atoms with Crippen LogP contribution >= 0.6 is 0 Å². The smallest absolute Gasteiger partial charge is 0.119 e. The largest absolute Gasteiger partial charge is 0.497 e. The van der Waals surface area contributed by atoms with Gasteiger partial charge in [-0.15, -0.1) is 0 Å². The molecular formula is C16H23NO. The Morgan fingerprint density at radius 2 is 1.72 bits per heavy atom. The van der Waals surface area contributed by atoms with Crippen molar-refractivity contribution in [2.75, 3.05) is 20.7 Å². The Labute approximate surface area is 110 Å². The number of hydrogen-bond donors (Lipinski definition) is 1. The van der Waals surface area contributed by atoms with Crippen molar-refractivity contribution >= 4 is 10.8 Å². The molecule has 0 radical (unpaired) electrons. The second kappa shape index (κ2) is 7.72. The summed E-state index contributed by atoms with van der Waals surface area (Å²) in [7, 11) is 3.68. The number of benzene rings is 2. The average Bonchev–Trinajstić information content (AvgIpc) is 2.46.